The minimum atomic E-state index is -0.790. The number of ether oxygens (including phenoxy) is 1. The Morgan fingerprint density at radius 1 is 1.32 bits per heavy atom. The van der Waals surface area contributed by atoms with E-state index < -0.39 is 6.17 Å². The summed E-state index contributed by atoms with van der Waals surface area (Å²) >= 11 is 0. The van der Waals surface area contributed by atoms with Crippen molar-refractivity contribution in [1.82, 2.24) is 15.5 Å². The third-order valence-corrected chi connectivity index (χ3v) is 4.56. The van der Waals surface area contributed by atoms with E-state index in [2.05, 4.69) is 29.4 Å². The average molecular weight is 308 g/mol. The highest BCUT2D eigenvalue weighted by Gasteiger charge is 2.34. The minimum Gasteiger partial charge on any atom is -0.375 e. The van der Waals surface area contributed by atoms with Gasteiger partial charge in [-0.25, -0.2) is 4.39 Å². The van der Waals surface area contributed by atoms with E-state index in [-0.39, 0.29) is 18.2 Å². The van der Waals surface area contributed by atoms with Crippen LogP contribution in [0.5, 0.6) is 0 Å². The van der Waals surface area contributed by atoms with Crippen LogP contribution in [-0.2, 0) is 4.74 Å². The van der Waals surface area contributed by atoms with Crippen molar-refractivity contribution >= 4 is 5.82 Å². The van der Waals surface area contributed by atoms with E-state index in [9.17, 15) is 4.39 Å². The fourth-order valence-electron chi connectivity index (χ4n) is 3.65. The van der Waals surface area contributed by atoms with Gasteiger partial charge in [0.05, 0.1) is 18.8 Å². The second kappa shape index (κ2) is 6.87. The number of rotatable bonds is 4. The van der Waals surface area contributed by atoms with Crippen LogP contribution in [0.2, 0.25) is 0 Å². The van der Waals surface area contributed by atoms with E-state index in [0.29, 0.717) is 19.0 Å². The molecule has 0 bridgehead atoms. The van der Waals surface area contributed by atoms with Gasteiger partial charge in [-0.1, -0.05) is 0 Å². The molecular formula is C16H25FN4O. The van der Waals surface area contributed by atoms with Crippen LogP contribution in [0, 0.1) is 0 Å². The van der Waals surface area contributed by atoms with E-state index in [0.717, 1.165) is 25.2 Å². The van der Waals surface area contributed by atoms with Crippen molar-refractivity contribution in [2.45, 2.75) is 63.6 Å². The molecule has 2 aliphatic heterocycles. The second-order valence-electron chi connectivity index (χ2n) is 6.55. The molecule has 1 aromatic heterocycles. The lowest BCUT2D eigenvalue weighted by Gasteiger charge is -2.34. The van der Waals surface area contributed by atoms with Crippen molar-refractivity contribution in [1.29, 1.82) is 0 Å². The normalized spacial score (nSPS) is 35.8. The quantitative estimate of drug-likeness (QED) is 0.921. The molecule has 2 fully saturated rings. The van der Waals surface area contributed by atoms with Crippen LogP contribution in [0.1, 0.15) is 33.1 Å². The highest BCUT2D eigenvalue weighted by Crippen LogP contribution is 2.26. The highest BCUT2D eigenvalue weighted by atomic mass is 19.1. The Labute approximate surface area is 131 Å². The SMILES string of the molecule is C[C@@H]1CC(NC[C@@H]2C[C@H](F)CN2c2cccnn2)C[C@@H](C)O1. The Balaban J connectivity index is 1.58. The Kier molecular flexibility index (Phi) is 4.88. The summed E-state index contributed by atoms with van der Waals surface area (Å²) < 4.78 is 19.6. The van der Waals surface area contributed by atoms with Crippen LogP contribution >= 0.6 is 0 Å². The van der Waals surface area contributed by atoms with Gasteiger partial charge in [-0.15, -0.1) is 5.10 Å². The molecule has 1 N–H and O–H groups in total. The molecule has 2 aliphatic rings. The zero-order valence-electron chi connectivity index (χ0n) is 13.3. The minimum absolute atomic E-state index is 0.139. The molecular weight excluding hydrogens is 283 g/mol. The van der Waals surface area contributed by atoms with Crippen LogP contribution in [-0.4, -0.2) is 53.8 Å². The van der Waals surface area contributed by atoms with Gasteiger partial charge in [0.1, 0.15) is 6.17 Å². The summed E-state index contributed by atoms with van der Waals surface area (Å²) in [5, 5.41) is 11.6. The third kappa shape index (κ3) is 3.73. The lowest BCUT2D eigenvalue weighted by Crippen LogP contribution is -2.46. The number of alkyl halides is 1. The molecule has 3 rings (SSSR count). The Morgan fingerprint density at radius 3 is 2.77 bits per heavy atom. The van der Waals surface area contributed by atoms with Crippen molar-refractivity contribution in [2.24, 2.45) is 0 Å². The molecule has 6 heteroatoms. The summed E-state index contributed by atoms with van der Waals surface area (Å²) in [6, 6.07) is 4.33. The number of anilines is 1. The van der Waals surface area contributed by atoms with E-state index >= 15 is 0 Å². The van der Waals surface area contributed by atoms with Gasteiger partial charge in [0, 0.05) is 31.2 Å². The van der Waals surface area contributed by atoms with Gasteiger partial charge in [-0.3, -0.25) is 0 Å². The summed E-state index contributed by atoms with van der Waals surface area (Å²) in [5.74, 6) is 0.767. The number of hydrogen-bond donors (Lipinski definition) is 1. The van der Waals surface area contributed by atoms with Crippen molar-refractivity contribution in [3.05, 3.63) is 18.3 Å². The molecule has 0 aromatic carbocycles. The van der Waals surface area contributed by atoms with E-state index in [1.54, 1.807) is 6.20 Å². The summed E-state index contributed by atoms with van der Waals surface area (Å²) in [4.78, 5) is 2.04. The van der Waals surface area contributed by atoms with Gasteiger partial charge in [0.15, 0.2) is 5.82 Å². The summed E-state index contributed by atoms with van der Waals surface area (Å²) in [7, 11) is 0. The van der Waals surface area contributed by atoms with Crippen LogP contribution in [0.4, 0.5) is 10.2 Å². The number of nitrogens with one attached hydrogen (secondary N) is 1. The maximum absolute atomic E-state index is 13.9. The summed E-state index contributed by atoms with van der Waals surface area (Å²) in [6.45, 7) is 5.42. The number of aromatic nitrogens is 2. The van der Waals surface area contributed by atoms with Gasteiger partial charge in [-0.2, -0.15) is 5.10 Å². The van der Waals surface area contributed by atoms with Gasteiger partial charge in [0.2, 0.25) is 0 Å². The zero-order valence-corrected chi connectivity index (χ0v) is 13.3. The fourth-order valence-corrected chi connectivity index (χ4v) is 3.65. The van der Waals surface area contributed by atoms with Crippen LogP contribution in [0.3, 0.4) is 0 Å². The third-order valence-electron chi connectivity index (χ3n) is 4.56. The van der Waals surface area contributed by atoms with Crippen LogP contribution in [0.25, 0.3) is 0 Å². The van der Waals surface area contributed by atoms with E-state index in [1.165, 1.54) is 0 Å². The molecule has 5 nitrogen and oxygen atoms in total. The molecule has 3 heterocycles. The Hall–Kier alpha value is -1.27. The number of halogens is 1. The largest absolute Gasteiger partial charge is 0.375 e. The molecule has 0 saturated carbocycles. The highest BCUT2D eigenvalue weighted by molar-refractivity contribution is 5.40. The summed E-state index contributed by atoms with van der Waals surface area (Å²) in [6.07, 6.45) is 4.01. The van der Waals surface area contributed by atoms with Crippen LogP contribution < -0.4 is 10.2 Å². The average Bonchev–Trinajstić information content (AvgIpc) is 2.86. The molecule has 0 radical (unpaired) electrons. The van der Waals surface area contributed by atoms with E-state index in [4.69, 9.17) is 4.74 Å². The van der Waals surface area contributed by atoms with Gasteiger partial charge < -0.3 is 15.0 Å². The van der Waals surface area contributed by atoms with Gasteiger partial charge in [0.25, 0.3) is 0 Å². The molecule has 1 aromatic rings. The zero-order chi connectivity index (χ0) is 15.5. The first-order valence-electron chi connectivity index (χ1n) is 8.19. The molecule has 122 valence electrons. The molecule has 2 saturated heterocycles. The van der Waals surface area contributed by atoms with Crippen molar-refractivity contribution in [3.63, 3.8) is 0 Å². The summed E-state index contributed by atoms with van der Waals surface area (Å²) in [5.41, 5.74) is 0. The molecule has 0 amide bonds. The topological polar surface area (TPSA) is 50.3 Å². The van der Waals surface area contributed by atoms with Crippen LogP contribution in [0.15, 0.2) is 18.3 Å². The first-order valence-corrected chi connectivity index (χ1v) is 8.19. The predicted molar refractivity (Wildman–Crippen MR) is 83.7 cm³/mol. The van der Waals surface area contributed by atoms with Crippen molar-refractivity contribution < 1.29 is 9.13 Å². The smallest absolute Gasteiger partial charge is 0.151 e. The molecule has 0 unspecified atom stereocenters. The Morgan fingerprint density at radius 2 is 2.09 bits per heavy atom. The lowest BCUT2D eigenvalue weighted by molar-refractivity contribution is -0.0421. The first-order chi connectivity index (χ1) is 10.6. The molecule has 4 atom stereocenters. The first kappa shape index (κ1) is 15.6. The standard InChI is InChI=1S/C16H25FN4O/c1-11-6-14(7-12(2)22-11)18-9-15-8-13(17)10-21(15)16-4-3-5-19-20-16/h3-5,11-15,18H,6-10H2,1-2H3/t11-,12-,13+,15+/m1/s1. The monoisotopic (exact) mass is 308 g/mol. The number of nitrogens with zero attached hydrogens (tertiary/aromatic N) is 3. The Bertz CT molecular complexity index is 464. The molecule has 0 aliphatic carbocycles. The molecule has 22 heavy (non-hydrogen) atoms. The molecule has 0 spiro atoms. The van der Waals surface area contributed by atoms with Crippen molar-refractivity contribution in [3.8, 4) is 0 Å². The van der Waals surface area contributed by atoms with Gasteiger partial charge in [-0.05, 0) is 38.8 Å². The second-order valence-corrected chi connectivity index (χ2v) is 6.55. The van der Waals surface area contributed by atoms with Crippen molar-refractivity contribution in [2.75, 3.05) is 18.0 Å². The van der Waals surface area contributed by atoms with Gasteiger partial charge >= 0.3 is 0 Å². The number of hydrogen-bond acceptors (Lipinski definition) is 5. The lowest BCUT2D eigenvalue weighted by atomic mass is 9.99. The maximum atomic E-state index is 13.9. The maximum Gasteiger partial charge on any atom is 0.151 e. The predicted octanol–water partition coefficient (Wildman–Crippen LogP) is 1.94. The van der Waals surface area contributed by atoms with E-state index in [1.807, 2.05) is 17.0 Å². The fraction of sp³-hybridized carbons (Fsp3) is 0.750.